The highest BCUT2D eigenvalue weighted by molar-refractivity contribution is 7.92. The number of fused-ring (bicyclic) bond motifs is 10. The average Bonchev–Trinajstić information content (AvgIpc) is 1.57. The van der Waals surface area contributed by atoms with Crippen molar-refractivity contribution in [2.45, 2.75) is 269 Å². The number of Topliss-reactive ketones (excluding diaryl/α,β-unsaturated/α-hetero) is 2. The standard InChI is InChI=1S/2C43H57N3O9S/c2*1-7-27-20-26(2)10-8-9-11-29-23-43(29,40(50)45-56(51,52)42(6)16-17-42)24-35(47)34-21-30(25-46(34)39(49)33(27)22-36(48)55-41(3,4)5)54-38-32-13-12-28-15-19-53-37(28)31(32)14-18-44-38/h2*9,11-14,18,26-27,29-30,33-34H,7-8,10,15-17,19-25H2,1-6H3,(H,45,50)/b2*11-9-/t26-,27+,29+,30+,33-,34-,43+;26-,27-,29-,30-,33+,34+,43-/m01/s1. The zero-order valence-electron chi connectivity index (χ0n) is 67.2. The van der Waals surface area contributed by atoms with Crippen molar-refractivity contribution in [1.29, 1.82) is 0 Å². The van der Waals surface area contributed by atoms with Crippen LogP contribution in [0.2, 0.25) is 0 Å². The van der Waals surface area contributed by atoms with Crippen molar-refractivity contribution < 1.29 is 83.6 Å². The number of nitrogens with one attached hydrogen (secondary N) is 2. The predicted molar refractivity (Wildman–Crippen MR) is 420 cm³/mol. The van der Waals surface area contributed by atoms with Crippen molar-refractivity contribution in [2.24, 2.45) is 58.2 Å². The highest BCUT2D eigenvalue weighted by Crippen LogP contribution is 2.60. The lowest BCUT2D eigenvalue weighted by molar-refractivity contribution is -0.160. The average molecular weight is 1580 g/mol. The van der Waals surface area contributed by atoms with Gasteiger partial charge in [-0.1, -0.05) is 77.0 Å². The second-order valence-corrected chi connectivity index (χ2v) is 40.9. The van der Waals surface area contributed by atoms with Gasteiger partial charge in [0.25, 0.3) is 0 Å². The summed E-state index contributed by atoms with van der Waals surface area (Å²) in [5.41, 5.74) is -1.79. The van der Waals surface area contributed by atoms with Crippen molar-refractivity contribution in [3.05, 3.63) is 84.2 Å². The van der Waals surface area contributed by atoms with E-state index in [4.69, 9.17) is 28.4 Å². The van der Waals surface area contributed by atoms with E-state index >= 15 is 9.59 Å². The summed E-state index contributed by atoms with van der Waals surface area (Å²) in [6.07, 6.45) is 19.6. The molecule has 608 valence electrons. The fourth-order valence-corrected chi connectivity index (χ4v) is 20.7. The van der Waals surface area contributed by atoms with Crippen LogP contribution < -0.4 is 28.4 Å². The summed E-state index contributed by atoms with van der Waals surface area (Å²) >= 11 is 0. The van der Waals surface area contributed by atoms with Gasteiger partial charge in [0.1, 0.15) is 34.9 Å². The predicted octanol–water partition coefficient (Wildman–Crippen LogP) is 12.5. The first-order chi connectivity index (χ1) is 52.9. The molecule has 2 N–H and O–H groups in total. The number of esters is 2. The van der Waals surface area contributed by atoms with E-state index in [1.165, 1.54) is 0 Å². The van der Waals surface area contributed by atoms with Crippen molar-refractivity contribution in [3.8, 4) is 23.3 Å². The van der Waals surface area contributed by atoms with Crippen molar-refractivity contribution in [2.75, 3.05) is 26.3 Å². The van der Waals surface area contributed by atoms with E-state index < -0.39 is 111 Å². The molecule has 24 nitrogen and oxygen atoms in total. The maximum Gasteiger partial charge on any atom is 0.307 e. The molecule has 0 radical (unpaired) electrons. The molecule has 4 aliphatic carbocycles. The molecule has 2 saturated heterocycles. The third-order valence-corrected chi connectivity index (χ3v) is 29.9. The van der Waals surface area contributed by atoms with Gasteiger partial charge in [0.2, 0.25) is 55.4 Å². The molecule has 14 rings (SSSR count). The zero-order valence-corrected chi connectivity index (χ0v) is 68.8. The van der Waals surface area contributed by atoms with E-state index in [1.807, 2.05) is 74.5 Å². The van der Waals surface area contributed by atoms with Crippen LogP contribution in [0.3, 0.4) is 0 Å². The number of ketones is 2. The molecule has 6 aliphatic heterocycles. The quantitative estimate of drug-likeness (QED) is 0.0777. The molecule has 0 spiro atoms. The van der Waals surface area contributed by atoms with Crippen LogP contribution >= 0.6 is 0 Å². The highest BCUT2D eigenvalue weighted by Gasteiger charge is 2.65. The number of amides is 4. The lowest BCUT2D eigenvalue weighted by atomic mass is 9.79. The van der Waals surface area contributed by atoms with Gasteiger partial charge in [-0.3, -0.25) is 47.8 Å². The number of hydrogen-bond donors (Lipinski definition) is 2. The van der Waals surface area contributed by atoms with Crippen LogP contribution in [0.15, 0.2) is 73.1 Å². The van der Waals surface area contributed by atoms with Crippen LogP contribution in [0.25, 0.3) is 21.5 Å². The minimum Gasteiger partial charge on any atom is -0.492 e. The SMILES string of the molecule is CC[C@@H]1C[C@@H](C)CC/C=C\[C@@H]2C[C@@]2(C(=O)NS(=O)(=O)C2(C)CC2)CC(=O)[C@@H]2C[C@@H](Oc3nccc4c5c(ccc34)CCO5)CN2C(=O)[C@H]1CC(=O)OC(C)(C)C.CC[C@@H]1C[C@H](C)CC/C=C\[C@@H]2C[C@@]2(C(=O)NS(=O)(=O)C2(C)CC2)CC(=O)[C@@H]2C[C@@H](Oc3nccc4c5c(ccc34)CCO5)CN2C(=O)[C@H]1CC(=O)OC(C)(C)C. The number of pyridine rings is 2. The van der Waals surface area contributed by atoms with Gasteiger partial charge in [0.15, 0.2) is 11.6 Å². The van der Waals surface area contributed by atoms with Crippen LogP contribution in [0.4, 0.5) is 0 Å². The molecule has 8 heterocycles. The number of allylic oxidation sites excluding steroid dienone is 4. The molecular formula is C86H114N6O18S2. The molecule has 112 heavy (non-hydrogen) atoms. The Labute approximate surface area is 659 Å². The summed E-state index contributed by atoms with van der Waals surface area (Å²) in [6, 6.07) is 9.77. The number of benzene rings is 2. The van der Waals surface area contributed by atoms with Crippen molar-refractivity contribution >= 4 is 88.7 Å². The van der Waals surface area contributed by atoms with Crippen LogP contribution in [0.5, 0.6) is 23.3 Å². The van der Waals surface area contributed by atoms with Gasteiger partial charge in [-0.2, -0.15) is 0 Å². The minimum atomic E-state index is -3.95. The Morgan fingerprint density at radius 2 is 0.938 bits per heavy atom. The lowest BCUT2D eigenvalue weighted by Gasteiger charge is -2.33. The number of rotatable bonds is 16. The molecule has 2 aromatic heterocycles. The van der Waals surface area contributed by atoms with E-state index in [1.54, 1.807) is 77.6 Å². The fraction of sp³-hybridized carbons (Fsp3) is 0.651. The Kier molecular flexibility index (Phi) is 23.2. The number of sulfonamides is 2. The van der Waals surface area contributed by atoms with Crippen molar-refractivity contribution in [1.82, 2.24) is 29.2 Å². The third-order valence-electron chi connectivity index (χ3n) is 25.6. The summed E-state index contributed by atoms with van der Waals surface area (Å²) in [5.74, 6) is -3.30. The fourth-order valence-electron chi connectivity index (χ4n) is 18.1. The summed E-state index contributed by atoms with van der Waals surface area (Å²) in [4.78, 5) is 127. The first-order valence-electron chi connectivity index (χ1n) is 40.8. The van der Waals surface area contributed by atoms with Gasteiger partial charge in [0.05, 0.1) is 83.4 Å². The van der Waals surface area contributed by atoms with E-state index in [2.05, 4.69) is 33.3 Å². The molecule has 26 heteroatoms. The largest absolute Gasteiger partial charge is 0.492 e. The topological polar surface area (TPSA) is 317 Å². The first kappa shape index (κ1) is 82.0. The van der Waals surface area contributed by atoms with Crippen LogP contribution in [-0.4, -0.2) is 155 Å². The van der Waals surface area contributed by atoms with Gasteiger partial charge in [0, 0.05) is 72.5 Å². The Hall–Kier alpha value is -8.00. The number of hydrogen-bond acceptors (Lipinski definition) is 20. The zero-order chi connectivity index (χ0) is 80.4. The number of aromatic nitrogens is 2. The molecule has 0 bridgehead atoms. The number of ether oxygens (including phenoxy) is 6. The van der Waals surface area contributed by atoms with Crippen LogP contribution in [0, 0.1) is 58.2 Å². The molecule has 10 aliphatic rings. The highest BCUT2D eigenvalue weighted by atomic mass is 32.2. The Morgan fingerprint density at radius 3 is 1.29 bits per heavy atom. The Balaban J connectivity index is 0.000000196. The lowest BCUT2D eigenvalue weighted by Crippen LogP contribution is -2.48. The van der Waals surface area contributed by atoms with Gasteiger partial charge in [-0.15, -0.1) is 0 Å². The molecule has 14 atom stereocenters. The van der Waals surface area contributed by atoms with Crippen LogP contribution in [-0.2, 0) is 80.7 Å². The first-order valence-corrected chi connectivity index (χ1v) is 43.8. The van der Waals surface area contributed by atoms with E-state index in [-0.39, 0.29) is 111 Å². The number of carbonyl (C=O) groups excluding carboxylic acids is 8. The molecule has 4 saturated carbocycles. The van der Waals surface area contributed by atoms with E-state index in [0.29, 0.717) is 89.2 Å². The second kappa shape index (κ2) is 31.7. The minimum absolute atomic E-state index is 0.0703. The maximum absolute atomic E-state index is 15.0. The van der Waals surface area contributed by atoms with Gasteiger partial charge < -0.3 is 38.2 Å². The van der Waals surface area contributed by atoms with Crippen LogP contribution in [0.1, 0.15) is 223 Å². The van der Waals surface area contributed by atoms with Gasteiger partial charge in [-0.25, -0.2) is 26.8 Å². The second-order valence-electron chi connectivity index (χ2n) is 36.5. The molecule has 4 amide bonds. The molecule has 2 aromatic carbocycles. The number of nitrogens with zero attached hydrogens (tertiary/aromatic N) is 4. The summed E-state index contributed by atoms with van der Waals surface area (Å²) in [7, 11) is -7.90. The van der Waals surface area contributed by atoms with Gasteiger partial charge in [-0.05, 0) is 203 Å². The molecular weight excluding hydrogens is 1470 g/mol. The monoisotopic (exact) mass is 1580 g/mol. The summed E-state index contributed by atoms with van der Waals surface area (Å²) in [5, 5.41) is 3.26. The summed E-state index contributed by atoms with van der Waals surface area (Å²) in [6.45, 7) is 23.7. The molecule has 0 unspecified atom stereocenters. The third kappa shape index (κ3) is 17.5. The molecule has 6 fully saturated rings. The smallest absolute Gasteiger partial charge is 0.307 e. The van der Waals surface area contributed by atoms with E-state index in [9.17, 15) is 45.6 Å². The molecule has 4 aromatic rings. The maximum atomic E-state index is 15.0. The van der Waals surface area contributed by atoms with E-state index in [0.717, 1.165) is 82.7 Å². The normalized spacial score (nSPS) is 30.9. The number of carbonyl (C=O) groups is 8. The van der Waals surface area contributed by atoms with Crippen molar-refractivity contribution in [3.63, 3.8) is 0 Å². The van der Waals surface area contributed by atoms with Gasteiger partial charge >= 0.3 is 11.9 Å². The Bertz CT molecular complexity index is 4360. The summed E-state index contributed by atoms with van der Waals surface area (Å²) < 4.78 is 92.3. The Morgan fingerprint density at radius 1 is 0.554 bits per heavy atom.